The van der Waals surface area contributed by atoms with Gasteiger partial charge in [0.2, 0.25) is 0 Å². The second-order valence-electron chi connectivity index (χ2n) is 9.29. The lowest BCUT2D eigenvalue weighted by molar-refractivity contribution is -0.159. The Labute approximate surface area is 209 Å². The molecule has 3 aliphatic rings. The molecule has 2 N–H and O–H groups in total. The highest BCUT2D eigenvalue weighted by Gasteiger charge is 2.42. The first-order chi connectivity index (χ1) is 17.6. The van der Waals surface area contributed by atoms with E-state index in [0.29, 0.717) is 31.2 Å². The molecule has 0 radical (unpaired) electrons. The Hall–Kier alpha value is -3.32. The third-order valence-corrected chi connectivity index (χ3v) is 6.53. The fraction of sp³-hybridized carbons (Fsp3) is 0.500. The molecule has 0 unspecified atom stereocenters. The van der Waals surface area contributed by atoms with Crippen molar-refractivity contribution in [1.29, 1.82) is 0 Å². The van der Waals surface area contributed by atoms with Gasteiger partial charge in [0.1, 0.15) is 35.6 Å². The van der Waals surface area contributed by atoms with Crippen molar-refractivity contribution in [3.63, 3.8) is 0 Å². The number of ether oxygens (including phenoxy) is 2. The standard InChI is InChI=1S/C24H25F4N5O4/c1-24(27,28)37-19-3-2-12(25)6-14(19)17-7-13(26)9-33(17)23(35)21-20-16(8-29-21)30-11-31-22(20)32-15-4-5-36-10-18(15)34/h2-3,6,11,13,15,17-18,34H,4-5,7-10H2,1H3,(H,30,31,32)/t13-,15+,17+,18+/m0/s1. The van der Waals surface area contributed by atoms with Crippen LogP contribution >= 0.6 is 0 Å². The molecular weight excluding hydrogens is 498 g/mol. The quantitative estimate of drug-likeness (QED) is 0.561. The van der Waals surface area contributed by atoms with Gasteiger partial charge in [-0.2, -0.15) is 8.78 Å². The number of benzene rings is 1. The highest BCUT2D eigenvalue weighted by atomic mass is 19.3. The Morgan fingerprint density at radius 3 is 2.89 bits per heavy atom. The largest absolute Gasteiger partial charge is 0.432 e. The van der Waals surface area contributed by atoms with Crippen LogP contribution in [-0.4, -0.2) is 75.8 Å². The average molecular weight is 523 g/mol. The number of hydrogen-bond donors (Lipinski definition) is 2. The summed E-state index contributed by atoms with van der Waals surface area (Å²) in [7, 11) is 0. The van der Waals surface area contributed by atoms with Crippen molar-refractivity contribution in [1.82, 2.24) is 14.9 Å². The van der Waals surface area contributed by atoms with E-state index in [4.69, 9.17) is 9.47 Å². The Morgan fingerprint density at radius 2 is 2.14 bits per heavy atom. The van der Waals surface area contributed by atoms with E-state index in [2.05, 4.69) is 20.3 Å². The number of hydrogen-bond acceptors (Lipinski definition) is 8. The number of rotatable bonds is 6. The zero-order valence-electron chi connectivity index (χ0n) is 19.8. The van der Waals surface area contributed by atoms with Gasteiger partial charge >= 0.3 is 6.11 Å². The second kappa shape index (κ2) is 9.86. The van der Waals surface area contributed by atoms with Gasteiger partial charge in [0, 0.05) is 25.5 Å². The van der Waals surface area contributed by atoms with Crippen molar-refractivity contribution >= 4 is 17.4 Å². The van der Waals surface area contributed by atoms with Gasteiger partial charge in [-0.1, -0.05) is 0 Å². The van der Waals surface area contributed by atoms with E-state index in [1.165, 1.54) is 6.33 Å². The molecule has 9 nitrogen and oxygen atoms in total. The first-order valence-electron chi connectivity index (χ1n) is 11.8. The van der Waals surface area contributed by atoms with E-state index in [1.54, 1.807) is 0 Å². The molecule has 0 aliphatic carbocycles. The van der Waals surface area contributed by atoms with Crippen LogP contribution in [0.3, 0.4) is 0 Å². The van der Waals surface area contributed by atoms with E-state index in [9.17, 15) is 27.5 Å². The van der Waals surface area contributed by atoms with Gasteiger partial charge < -0.3 is 24.8 Å². The molecule has 1 aromatic heterocycles. The highest BCUT2D eigenvalue weighted by Crippen LogP contribution is 2.41. The molecule has 2 aromatic rings. The van der Waals surface area contributed by atoms with Gasteiger partial charge in [0.15, 0.2) is 0 Å². The van der Waals surface area contributed by atoms with Crippen molar-refractivity contribution in [3.05, 3.63) is 47.2 Å². The van der Waals surface area contributed by atoms with Gasteiger partial charge in [-0.25, -0.2) is 18.7 Å². The molecule has 5 rings (SSSR count). The number of aliphatic hydroxyl groups excluding tert-OH is 1. The molecule has 4 atom stereocenters. The smallest absolute Gasteiger partial charge is 0.394 e. The highest BCUT2D eigenvalue weighted by molar-refractivity contribution is 6.47. The minimum absolute atomic E-state index is 0.0292. The van der Waals surface area contributed by atoms with Gasteiger partial charge in [-0.05, 0) is 24.6 Å². The van der Waals surface area contributed by atoms with Crippen LogP contribution in [0.2, 0.25) is 0 Å². The van der Waals surface area contributed by atoms with Gasteiger partial charge in [-0.3, -0.25) is 9.79 Å². The maximum Gasteiger partial charge on any atom is 0.394 e. The molecule has 3 aliphatic heterocycles. The minimum atomic E-state index is -3.57. The van der Waals surface area contributed by atoms with Crippen LogP contribution in [0, 0.1) is 5.82 Å². The summed E-state index contributed by atoms with van der Waals surface area (Å²) in [6.45, 7) is 0.851. The molecule has 2 fully saturated rings. The Morgan fingerprint density at radius 1 is 1.32 bits per heavy atom. The molecule has 0 saturated carbocycles. The fourth-order valence-corrected chi connectivity index (χ4v) is 4.88. The van der Waals surface area contributed by atoms with Gasteiger partial charge in [-0.15, -0.1) is 0 Å². The number of aliphatic hydroxyl groups is 1. The summed E-state index contributed by atoms with van der Waals surface area (Å²) >= 11 is 0. The van der Waals surface area contributed by atoms with Crippen molar-refractivity contribution < 1.29 is 36.9 Å². The number of likely N-dealkylation sites (tertiary alicyclic amines) is 1. The Kier molecular flexibility index (Phi) is 6.75. The molecule has 13 heteroatoms. The van der Waals surface area contributed by atoms with E-state index < -0.39 is 36.2 Å². The number of amides is 1. The van der Waals surface area contributed by atoms with Crippen molar-refractivity contribution in [2.24, 2.45) is 4.99 Å². The maximum absolute atomic E-state index is 14.7. The molecule has 1 aromatic carbocycles. The zero-order chi connectivity index (χ0) is 26.3. The monoisotopic (exact) mass is 523 g/mol. The molecule has 198 valence electrons. The predicted molar refractivity (Wildman–Crippen MR) is 123 cm³/mol. The van der Waals surface area contributed by atoms with Crippen LogP contribution in [0.15, 0.2) is 29.5 Å². The molecule has 4 heterocycles. The summed E-state index contributed by atoms with van der Waals surface area (Å²) in [5.74, 6) is -1.48. The Balaban J connectivity index is 1.46. The molecule has 0 spiro atoms. The Bertz CT molecular complexity index is 1220. The fourth-order valence-electron chi connectivity index (χ4n) is 4.88. The molecule has 1 amide bonds. The number of alkyl halides is 3. The summed E-state index contributed by atoms with van der Waals surface area (Å²) in [5, 5.41) is 13.4. The van der Waals surface area contributed by atoms with Crippen LogP contribution in [0.4, 0.5) is 23.4 Å². The summed E-state index contributed by atoms with van der Waals surface area (Å²) in [6.07, 6.45) is -4.26. The van der Waals surface area contributed by atoms with Crippen LogP contribution in [0.5, 0.6) is 5.75 Å². The van der Waals surface area contributed by atoms with Crippen LogP contribution < -0.4 is 10.1 Å². The number of anilines is 1. The maximum atomic E-state index is 14.7. The second-order valence-corrected chi connectivity index (χ2v) is 9.29. The summed E-state index contributed by atoms with van der Waals surface area (Å²) in [4.78, 5) is 27.6. The lowest BCUT2D eigenvalue weighted by Crippen LogP contribution is -2.43. The number of nitrogens with zero attached hydrogens (tertiary/aromatic N) is 4. The van der Waals surface area contributed by atoms with Crippen molar-refractivity contribution in [2.45, 2.75) is 56.8 Å². The lowest BCUT2D eigenvalue weighted by atomic mass is 10.0. The third kappa shape index (κ3) is 5.23. The van der Waals surface area contributed by atoms with E-state index in [1.807, 2.05) is 0 Å². The first kappa shape index (κ1) is 25.3. The number of halogens is 4. The first-order valence-corrected chi connectivity index (χ1v) is 11.8. The van der Waals surface area contributed by atoms with Gasteiger partial charge in [0.25, 0.3) is 5.91 Å². The van der Waals surface area contributed by atoms with E-state index >= 15 is 0 Å². The summed E-state index contributed by atoms with van der Waals surface area (Å²) in [5.41, 5.74) is 0.693. The predicted octanol–water partition coefficient (Wildman–Crippen LogP) is 2.78. The third-order valence-electron chi connectivity index (χ3n) is 6.53. The van der Waals surface area contributed by atoms with E-state index in [0.717, 1.165) is 23.1 Å². The number of aliphatic imine (C=N–C) groups is 1. The molecule has 37 heavy (non-hydrogen) atoms. The minimum Gasteiger partial charge on any atom is -0.432 e. The zero-order valence-corrected chi connectivity index (χ0v) is 19.8. The molecule has 2 saturated heterocycles. The van der Waals surface area contributed by atoms with Crippen molar-refractivity contribution in [3.8, 4) is 5.75 Å². The lowest BCUT2D eigenvalue weighted by Gasteiger charge is -2.30. The topological polar surface area (TPSA) is 109 Å². The van der Waals surface area contributed by atoms with Crippen LogP contribution in [0.25, 0.3) is 0 Å². The average Bonchev–Trinajstić information content (AvgIpc) is 3.45. The van der Waals surface area contributed by atoms with E-state index in [-0.39, 0.29) is 55.0 Å². The van der Waals surface area contributed by atoms with Crippen LogP contribution in [0.1, 0.15) is 42.6 Å². The normalized spacial score (nSPS) is 25.6. The number of carbonyl (C=O) groups is 1. The van der Waals surface area contributed by atoms with Gasteiger partial charge in [0.05, 0.1) is 49.1 Å². The number of aromatic nitrogens is 2. The summed E-state index contributed by atoms with van der Waals surface area (Å²) in [6, 6.07) is 1.50. The van der Waals surface area contributed by atoms with Crippen molar-refractivity contribution in [2.75, 3.05) is 25.1 Å². The summed E-state index contributed by atoms with van der Waals surface area (Å²) < 4.78 is 66.1. The molecular formula is C24H25F4N5O4. The molecule has 0 bridgehead atoms. The number of fused-ring (bicyclic) bond motifs is 1. The SMILES string of the molecule is CC(F)(F)Oc1ccc(F)cc1[C@H]1C[C@H](F)CN1C(=O)C1=NCc2ncnc(N[C@@H]3CCOC[C@H]3O)c21. The van der Waals surface area contributed by atoms with Crippen LogP contribution in [-0.2, 0) is 16.1 Å². The number of nitrogens with one attached hydrogen (secondary N) is 1. The number of carbonyl (C=O) groups excluding carboxylic acids is 1.